The first kappa shape index (κ1) is 20.3. The van der Waals surface area contributed by atoms with Gasteiger partial charge in [0, 0.05) is 12.2 Å². The number of fused-ring (bicyclic) bond motifs is 1. The molecule has 0 radical (unpaired) electrons. The van der Waals surface area contributed by atoms with E-state index in [1.165, 1.54) is 18.4 Å². The normalized spacial score (nSPS) is 18.4. The van der Waals surface area contributed by atoms with Crippen LogP contribution in [-0.4, -0.2) is 46.7 Å². The smallest absolute Gasteiger partial charge is 0.262 e. The molecule has 1 fully saturated rings. The van der Waals surface area contributed by atoms with Crippen molar-refractivity contribution in [2.45, 2.75) is 39.3 Å². The van der Waals surface area contributed by atoms with E-state index < -0.39 is 17.9 Å². The average molecular weight is 405 g/mol. The number of piperidine rings is 1. The van der Waals surface area contributed by atoms with Gasteiger partial charge in [-0.2, -0.15) is 0 Å². The van der Waals surface area contributed by atoms with Crippen molar-refractivity contribution >= 4 is 23.4 Å². The van der Waals surface area contributed by atoms with Crippen molar-refractivity contribution in [3.8, 4) is 0 Å². The van der Waals surface area contributed by atoms with Gasteiger partial charge in [-0.25, -0.2) is 0 Å². The average Bonchev–Trinajstić information content (AvgIpc) is 3.01. The topological polar surface area (TPSA) is 69.7 Å². The van der Waals surface area contributed by atoms with Crippen molar-refractivity contribution in [1.82, 2.24) is 9.80 Å². The van der Waals surface area contributed by atoms with Gasteiger partial charge < -0.3 is 5.32 Å². The molecule has 6 nitrogen and oxygen atoms in total. The van der Waals surface area contributed by atoms with Gasteiger partial charge in [-0.15, -0.1) is 0 Å². The van der Waals surface area contributed by atoms with Gasteiger partial charge in [0.15, 0.2) is 0 Å². The van der Waals surface area contributed by atoms with Crippen molar-refractivity contribution < 1.29 is 14.4 Å². The summed E-state index contributed by atoms with van der Waals surface area (Å²) in [5.41, 5.74) is 2.55. The first-order valence-corrected chi connectivity index (χ1v) is 10.5. The van der Waals surface area contributed by atoms with Crippen LogP contribution in [0.1, 0.15) is 53.0 Å². The zero-order valence-electron chi connectivity index (χ0n) is 17.4. The fourth-order valence-corrected chi connectivity index (χ4v) is 4.10. The number of carbonyl (C=O) groups is 3. The van der Waals surface area contributed by atoms with E-state index >= 15 is 0 Å². The minimum Gasteiger partial charge on any atom is -0.324 e. The number of likely N-dealkylation sites (tertiary alicyclic amines) is 1. The van der Waals surface area contributed by atoms with Crippen LogP contribution in [0, 0.1) is 5.92 Å². The van der Waals surface area contributed by atoms with Crippen LogP contribution < -0.4 is 5.32 Å². The molecule has 6 heteroatoms. The molecule has 2 aromatic carbocycles. The molecule has 1 saturated heterocycles. The lowest BCUT2D eigenvalue weighted by Crippen LogP contribution is -2.45. The number of anilines is 1. The first-order chi connectivity index (χ1) is 14.4. The van der Waals surface area contributed by atoms with E-state index in [0.29, 0.717) is 16.8 Å². The van der Waals surface area contributed by atoms with Gasteiger partial charge in [0.1, 0.15) is 6.04 Å². The van der Waals surface area contributed by atoms with Gasteiger partial charge in [-0.1, -0.05) is 31.2 Å². The van der Waals surface area contributed by atoms with Crippen LogP contribution >= 0.6 is 0 Å². The molecule has 4 rings (SSSR count). The molecule has 0 aliphatic carbocycles. The van der Waals surface area contributed by atoms with Crippen LogP contribution in [0.3, 0.4) is 0 Å². The van der Waals surface area contributed by atoms with Crippen LogP contribution in [-0.2, 0) is 11.3 Å². The largest absolute Gasteiger partial charge is 0.324 e. The third-order valence-corrected chi connectivity index (χ3v) is 6.10. The lowest BCUT2D eigenvalue weighted by Gasteiger charge is -2.30. The number of rotatable bonds is 5. The van der Waals surface area contributed by atoms with E-state index in [0.717, 1.165) is 30.5 Å². The third kappa shape index (κ3) is 4.00. The molecule has 1 N–H and O–H groups in total. The fraction of sp³-hybridized carbons (Fsp3) is 0.375. The van der Waals surface area contributed by atoms with Gasteiger partial charge in [-0.05, 0) is 68.6 Å². The van der Waals surface area contributed by atoms with Crippen LogP contribution in [0.5, 0.6) is 0 Å². The number of imide groups is 1. The molecule has 0 saturated carbocycles. The molecule has 156 valence electrons. The zero-order chi connectivity index (χ0) is 21.3. The van der Waals surface area contributed by atoms with Gasteiger partial charge in [0.2, 0.25) is 5.91 Å². The molecule has 30 heavy (non-hydrogen) atoms. The molecular weight excluding hydrogens is 378 g/mol. The summed E-state index contributed by atoms with van der Waals surface area (Å²) in [6.45, 7) is 7.03. The van der Waals surface area contributed by atoms with E-state index in [1.807, 2.05) is 24.3 Å². The van der Waals surface area contributed by atoms with E-state index in [-0.39, 0.29) is 5.91 Å². The molecule has 2 aromatic rings. The van der Waals surface area contributed by atoms with Crippen molar-refractivity contribution in [3.05, 3.63) is 65.2 Å². The first-order valence-electron chi connectivity index (χ1n) is 10.5. The molecule has 0 aromatic heterocycles. The lowest BCUT2D eigenvalue weighted by molar-refractivity contribution is -0.119. The number of nitrogens with one attached hydrogen (secondary N) is 1. The molecule has 1 atom stereocenters. The number of nitrogens with zero attached hydrogens (tertiary/aromatic N) is 2. The highest BCUT2D eigenvalue weighted by Crippen LogP contribution is 2.25. The summed E-state index contributed by atoms with van der Waals surface area (Å²) in [6.07, 6.45) is 2.48. The lowest BCUT2D eigenvalue weighted by atomic mass is 9.99. The molecule has 0 bridgehead atoms. The van der Waals surface area contributed by atoms with Gasteiger partial charge >= 0.3 is 0 Å². The Morgan fingerprint density at radius 1 is 1.00 bits per heavy atom. The SMILES string of the molecule is CC1CCN(Cc2ccc(NC(=O)C(C)N3C(=O)c4ccccc4C3=O)cc2)CC1. The van der Waals surface area contributed by atoms with Gasteiger partial charge in [-0.3, -0.25) is 24.2 Å². The maximum absolute atomic E-state index is 12.7. The van der Waals surface area contributed by atoms with Crippen molar-refractivity contribution in [2.24, 2.45) is 5.92 Å². The zero-order valence-corrected chi connectivity index (χ0v) is 17.4. The summed E-state index contributed by atoms with van der Waals surface area (Å²) < 4.78 is 0. The Morgan fingerprint density at radius 2 is 1.57 bits per heavy atom. The molecule has 0 spiro atoms. The monoisotopic (exact) mass is 405 g/mol. The molecule has 1 unspecified atom stereocenters. The summed E-state index contributed by atoms with van der Waals surface area (Å²) in [5, 5.41) is 2.82. The summed E-state index contributed by atoms with van der Waals surface area (Å²) in [6, 6.07) is 13.5. The number of hydrogen-bond donors (Lipinski definition) is 1. The minimum atomic E-state index is -0.896. The second-order valence-electron chi connectivity index (χ2n) is 8.35. The Labute approximate surface area is 176 Å². The van der Waals surface area contributed by atoms with Gasteiger partial charge in [0.05, 0.1) is 11.1 Å². The van der Waals surface area contributed by atoms with Crippen LogP contribution in [0.25, 0.3) is 0 Å². The summed E-state index contributed by atoms with van der Waals surface area (Å²) in [5.74, 6) is -0.431. The molecule has 3 amide bonds. The quantitative estimate of drug-likeness (QED) is 0.773. The second kappa shape index (κ2) is 8.40. The number of amides is 3. The predicted octanol–water partition coefficient (Wildman–Crippen LogP) is 3.54. The van der Waals surface area contributed by atoms with E-state index in [1.54, 1.807) is 31.2 Å². The molecule has 2 aliphatic rings. The second-order valence-corrected chi connectivity index (χ2v) is 8.35. The summed E-state index contributed by atoms with van der Waals surface area (Å²) in [4.78, 5) is 41.4. The van der Waals surface area contributed by atoms with Crippen LogP contribution in [0.4, 0.5) is 5.69 Å². The number of benzene rings is 2. The molecule has 2 heterocycles. The predicted molar refractivity (Wildman–Crippen MR) is 115 cm³/mol. The third-order valence-electron chi connectivity index (χ3n) is 6.10. The number of carbonyl (C=O) groups excluding carboxylic acids is 3. The highest BCUT2D eigenvalue weighted by Gasteiger charge is 2.40. The van der Waals surface area contributed by atoms with Crippen LogP contribution in [0.2, 0.25) is 0 Å². The molecular formula is C24H27N3O3. The van der Waals surface area contributed by atoms with Crippen LogP contribution in [0.15, 0.2) is 48.5 Å². The highest BCUT2D eigenvalue weighted by molar-refractivity contribution is 6.23. The van der Waals surface area contributed by atoms with Crippen molar-refractivity contribution in [2.75, 3.05) is 18.4 Å². The Kier molecular flexibility index (Phi) is 5.68. The van der Waals surface area contributed by atoms with E-state index in [4.69, 9.17) is 0 Å². The summed E-state index contributed by atoms with van der Waals surface area (Å²) in [7, 11) is 0. The van der Waals surface area contributed by atoms with Gasteiger partial charge in [0.25, 0.3) is 11.8 Å². The Bertz CT molecular complexity index is 927. The fourth-order valence-electron chi connectivity index (χ4n) is 4.10. The Balaban J connectivity index is 1.37. The Hall–Kier alpha value is -2.99. The summed E-state index contributed by atoms with van der Waals surface area (Å²) >= 11 is 0. The maximum atomic E-state index is 12.7. The van der Waals surface area contributed by atoms with E-state index in [9.17, 15) is 14.4 Å². The Morgan fingerprint density at radius 3 is 2.13 bits per heavy atom. The highest BCUT2D eigenvalue weighted by atomic mass is 16.2. The van der Waals surface area contributed by atoms with E-state index in [2.05, 4.69) is 17.1 Å². The minimum absolute atomic E-state index is 0.346. The van der Waals surface area contributed by atoms with Crippen molar-refractivity contribution in [3.63, 3.8) is 0 Å². The molecule has 2 aliphatic heterocycles. The maximum Gasteiger partial charge on any atom is 0.262 e. The standard InChI is InChI=1S/C24H27N3O3/c1-16-11-13-26(14-12-16)15-18-7-9-19(10-8-18)25-22(28)17(2)27-23(29)20-5-3-4-6-21(20)24(27)30/h3-10,16-17H,11-15H2,1-2H3,(H,25,28). The van der Waals surface area contributed by atoms with Crippen molar-refractivity contribution in [1.29, 1.82) is 0 Å². The number of hydrogen-bond acceptors (Lipinski definition) is 4.